The molecule has 7 heteroatoms. The maximum Gasteiger partial charge on any atom is 0.263 e. The Labute approximate surface area is 142 Å². The number of carbonyl (C=O) groups is 1. The van der Waals surface area contributed by atoms with Gasteiger partial charge in [-0.25, -0.2) is 8.42 Å². The van der Waals surface area contributed by atoms with Crippen molar-refractivity contribution in [3.05, 3.63) is 29.8 Å². The van der Waals surface area contributed by atoms with Gasteiger partial charge < -0.3 is 5.32 Å². The van der Waals surface area contributed by atoms with Gasteiger partial charge in [-0.05, 0) is 25.0 Å². The summed E-state index contributed by atoms with van der Waals surface area (Å²) in [6, 6.07) is 6.87. The first-order valence-corrected chi connectivity index (χ1v) is 10.0. The molecular formula is C17H23N3O3S. The number of nitrogens with one attached hydrogen (secondary N) is 2. The summed E-state index contributed by atoms with van der Waals surface area (Å²) in [5.41, 5.74) is 0.524. The number of benzene rings is 1. The molecule has 0 atom stereocenters. The summed E-state index contributed by atoms with van der Waals surface area (Å²) >= 11 is 0. The molecule has 1 amide bonds. The van der Waals surface area contributed by atoms with E-state index in [9.17, 15) is 13.2 Å². The van der Waals surface area contributed by atoms with Gasteiger partial charge in [-0.2, -0.15) is 0 Å². The number of carbonyl (C=O) groups excluding carboxylic acids is 1. The number of amidine groups is 1. The molecule has 1 aromatic rings. The number of hydrogen-bond acceptors (Lipinski definition) is 4. The molecule has 0 aromatic heterocycles. The standard InChI is InChI=1S/C17H23N3O3S/c21-16(19-13-8-4-2-1-3-5-9-13)12-18-17-14-10-6-7-11-15(14)24(22,23)20-17/h6-7,10-11,13H,1-5,8-9,12H2,(H,18,20)(H,19,21). The van der Waals surface area contributed by atoms with Crippen LogP contribution in [0.3, 0.4) is 0 Å². The normalized spacial score (nSPS) is 22.2. The highest BCUT2D eigenvalue weighted by atomic mass is 32.2. The van der Waals surface area contributed by atoms with Gasteiger partial charge in [-0.3, -0.25) is 14.5 Å². The van der Waals surface area contributed by atoms with Crippen LogP contribution in [0.1, 0.15) is 50.5 Å². The fraction of sp³-hybridized carbons (Fsp3) is 0.529. The summed E-state index contributed by atoms with van der Waals surface area (Å²) in [6.07, 6.45) is 8.06. The number of rotatable bonds is 3. The molecule has 1 aromatic carbocycles. The molecule has 0 bridgehead atoms. The monoisotopic (exact) mass is 349 g/mol. The summed E-state index contributed by atoms with van der Waals surface area (Å²) in [7, 11) is -3.55. The van der Waals surface area contributed by atoms with Crippen LogP contribution in [-0.2, 0) is 14.8 Å². The number of fused-ring (bicyclic) bond motifs is 1. The fourth-order valence-electron chi connectivity index (χ4n) is 3.28. The summed E-state index contributed by atoms with van der Waals surface area (Å²) in [5.74, 6) is 0.0927. The van der Waals surface area contributed by atoms with Crippen molar-refractivity contribution in [3.8, 4) is 0 Å². The van der Waals surface area contributed by atoms with Crippen molar-refractivity contribution in [2.75, 3.05) is 6.54 Å². The number of nitrogens with zero attached hydrogens (tertiary/aromatic N) is 1. The molecule has 1 heterocycles. The van der Waals surface area contributed by atoms with Gasteiger partial charge in [0.1, 0.15) is 12.4 Å². The van der Waals surface area contributed by atoms with Crippen LogP contribution in [-0.4, -0.2) is 32.7 Å². The molecule has 0 saturated heterocycles. The first-order chi connectivity index (χ1) is 11.6. The maximum atomic E-state index is 12.1. The van der Waals surface area contributed by atoms with Gasteiger partial charge in [0.25, 0.3) is 10.0 Å². The van der Waals surface area contributed by atoms with Crippen molar-refractivity contribution < 1.29 is 13.2 Å². The minimum Gasteiger partial charge on any atom is -0.352 e. The third kappa shape index (κ3) is 3.95. The highest BCUT2D eigenvalue weighted by Gasteiger charge is 2.30. The number of hydrogen-bond donors (Lipinski definition) is 2. The van der Waals surface area contributed by atoms with Crippen LogP contribution in [0.4, 0.5) is 0 Å². The molecule has 130 valence electrons. The molecule has 1 aliphatic heterocycles. The van der Waals surface area contributed by atoms with E-state index < -0.39 is 10.0 Å². The van der Waals surface area contributed by atoms with Crippen molar-refractivity contribution in [3.63, 3.8) is 0 Å². The molecule has 0 radical (unpaired) electrons. The van der Waals surface area contributed by atoms with Gasteiger partial charge in [0.15, 0.2) is 0 Å². The maximum absolute atomic E-state index is 12.1. The van der Waals surface area contributed by atoms with E-state index in [4.69, 9.17) is 0 Å². The van der Waals surface area contributed by atoms with E-state index in [0.29, 0.717) is 5.56 Å². The van der Waals surface area contributed by atoms with Crippen LogP contribution < -0.4 is 10.0 Å². The molecule has 0 spiro atoms. The van der Waals surface area contributed by atoms with Gasteiger partial charge in [-0.15, -0.1) is 0 Å². The van der Waals surface area contributed by atoms with E-state index in [2.05, 4.69) is 15.0 Å². The summed E-state index contributed by atoms with van der Waals surface area (Å²) in [5, 5.41) is 3.03. The van der Waals surface area contributed by atoms with Crippen LogP contribution in [0.25, 0.3) is 0 Å². The molecule has 2 N–H and O–H groups in total. The zero-order valence-corrected chi connectivity index (χ0v) is 14.4. The molecule has 2 aliphatic rings. The largest absolute Gasteiger partial charge is 0.352 e. The minimum absolute atomic E-state index is 0.0668. The second kappa shape index (κ2) is 7.34. The first kappa shape index (κ1) is 17.0. The molecule has 1 aliphatic carbocycles. The fourth-order valence-corrected chi connectivity index (χ4v) is 4.53. The predicted molar refractivity (Wildman–Crippen MR) is 92.4 cm³/mol. The summed E-state index contributed by atoms with van der Waals surface area (Å²) in [4.78, 5) is 16.5. The van der Waals surface area contributed by atoms with Crippen LogP contribution in [0.5, 0.6) is 0 Å². The van der Waals surface area contributed by atoms with E-state index >= 15 is 0 Å². The Morgan fingerprint density at radius 2 is 1.79 bits per heavy atom. The molecular weight excluding hydrogens is 326 g/mol. The van der Waals surface area contributed by atoms with Gasteiger partial charge in [0.2, 0.25) is 5.91 Å². The van der Waals surface area contributed by atoms with Crippen molar-refractivity contribution in [1.29, 1.82) is 0 Å². The SMILES string of the molecule is O=C(CN=C1NS(=O)(=O)c2ccccc21)NC1CCCCCCC1. The van der Waals surface area contributed by atoms with Crippen molar-refractivity contribution in [2.45, 2.75) is 55.9 Å². The lowest BCUT2D eigenvalue weighted by molar-refractivity contribution is -0.120. The van der Waals surface area contributed by atoms with Gasteiger partial charge in [0, 0.05) is 11.6 Å². The number of sulfonamides is 1. The zero-order valence-electron chi connectivity index (χ0n) is 13.6. The summed E-state index contributed by atoms with van der Waals surface area (Å²) in [6.45, 7) is -0.0668. The highest BCUT2D eigenvalue weighted by molar-refractivity contribution is 7.90. The Balaban J connectivity index is 1.62. The first-order valence-electron chi connectivity index (χ1n) is 8.52. The average Bonchev–Trinajstić information content (AvgIpc) is 2.79. The number of amides is 1. The molecule has 0 unspecified atom stereocenters. The Morgan fingerprint density at radius 3 is 2.54 bits per heavy atom. The average molecular weight is 349 g/mol. The van der Waals surface area contributed by atoms with E-state index in [1.807, 2.05) is 0 Å². The molecule has 1 fully saturated rings. The van der Waals surface area contributed by atoms with Crippen LogP contribution in [0, 0.1) is 0 Å². The Hall–Kier alpha value is -1.89. The smallest absolute Gasteiger partial charge is 0.263 e. The van der Waals surface area contributed by atoms with E-state index in [1.165, 1.54) is 25.3 Å². The van der Waals surface area contributed by atoms with Crippen LogP contribution in [0.2, 0.25) is 0 Å². The van der Waals surface area contributed by atoms with E-state index in [0.717, 1.165) is 25.7 Å². The Kier molecular flexibility index (Phi) is 5.18. The number of aliphatic imine (C=N–C) groups is 1. The van der Waals surface area contributed by atoms with Crippen LogP contribution in [0.15, 0.2) is 34.2 Å². The molecule has 1 saturated carbocycles. The lowest BCUT2D eigenvalue weighted by Gasteiger charge is -2.20. The third-order valence-corrected chi connectivity index (χ3v) is 5.91. The van der Waals surface area contributed by atoms with Crippen molar-refractivity contribution in [2.24, 2.45) is 4.99 Å². The van der Waals surface area contributed by atoms with Crippen molar-refractivity contribution >= 4 is 21.8 Å². The Bertz CT molecular complexity index is 735. The zero-order chi connectivity index (χ0) is 17.0. The Morgan fingerprint density at radius 1 is 1.12 bits per heavy atom. The van der Waals surface area contributed by atoms with Crippen LogP contribution >= 0.6 is 0 Å². The van der Waals surface area contributed by atoms with Gasteiger partial charge >= 0.3 is 0 Å². The van der Waals surface area contributed by atoms with Crippen molar-refractivity contribution in [1.82, 2.24) is 10.0 Å². The topological polar surface area (TPSA) is 87.6 Å². The quantitative estimate of drug-likeness (QED) is 0.874. The minimum atomic E-state index is -3.55. The van der Waals surface area contributed by atoms with E-state index in [-0.39, 0.29) is 29.2 Å². The summed E-state index contributed by atoms with van der Waals surface area (Å²) < 4.78 is 26.4. The van der Waals surface area contributed by atoms with Gasteiger partial charge in [0.05, 0.1) is 4.90 Å². The third-order valence-electron chi connectivity index (χ3n) is 4.51. The molecule has 24 heavy (non-hydrogen) atoms. The van der Waals surface area contributed by atoms with E-state index in [1.54, 1.807) is 18.2 Å². The second-order valence-electron chi connectivity index (χ2n) is 6.38. The second-order valence-corrected chi connectivity index (χ2v) is 8.03. The molecule has 3 rings (SSSR count). The molecule has 6 nitrogen and oxygen atoms in total. The lowest BCUT2D eigenvalue weighted by Crippen LogP contribution is -2.37. The predicted octanol–water partition coefficient (Wildman–Crippen LogP) is 1.95. The van der Waals surface area contributed by atoms with Gasteiger partial charge in [-0.1, -0.05) is 44.2 Å². The highest BCUT2D eigenvalue weighted by Crippen LogP contribution is 2.22. The lowest BCUT2D eigenvalue weighted by atomic mass is 9.97.